The van der Waals surface area contributed by atoms with E-state index in [1.807, 2.05) is 30.9 Å². The fourth-order valence-electron chi connectivity index (χ4n) is 1.75. The maximum atomic E-state index is 11.4. The van der Waals surface area contributed by atoms with E-state index in [2.05, 4.69) is 4.74 Å². The number of benzene rings is 1. The Hall–Kier alpha value is -1.88. The highest BCUT2D eigenvalue weighted by atomic mass is 16.5. The van der Waals surface area contributed by atoms with Crippen molar-refractivity contribution < 1.29 is 19.1 Å². The zero-order valence-corrected chi connectivity index (χ0v) is 12.4. The Balaban J connectivity index is 2.74. The highest BCUT2D eigenvalue weighted by Gasteiger charge is 2.15. The van der Waals surface area contributed by atoms with E-state index >= 15 is 0 Å². The molecule has 0 saturated carbocycles. The number of hydrogen-bond acceptors (Lipinski definition) is 5. The molecule has 0 radical (unpaired) electrons. The first-order chi connectivity index (χ1) is 9.47. The molecule has 1 aromatic carbocycles. The molecule has 0 aromatic heterocycles. The molecule has 0 unspecified atom stereocenters. The lowest BCUT2D eigenvalue weighted by Crippen LogP contribution is -2.35. The molecule has 1 rings (SSSR count). The average molecular weight is 279 g/mol. The number of nitrogens with zero attached hydrogens (tertiary/aromatic N) is 1. The van der Waals surface area contributed by atoms with Crippen LogP contribution in [0.3, 0.4) is 0 Å². The van der Waals surface area contributed by atoms with Crippen LogP contribution in [0.25, 0.3) is 0 Å². The third-order valence-corrected chi connectivity index (χ3v) is 3.05. The second-order valence-corrected chi connectivity index (χ2v) is 4.76. The molecule has 110 valence electrons. The second-order valence-electron chi connectivity index (χ2n) is 4.76. The monoisotopic (exact) mass is 279 g/mol. The molecule has 0 amide bonds. The number of carbonyl (C=O) groups excluding carboxylic acids is 2. The lowest BCUT2D eigenvalue weighted by atomic mass is 10.1. The number of esters is 2. The van der Waals surface area contributed by atoms with Gasteiger partial charge in [-0.2, -0.15) is 0 Å². The van der Waals surface area contributed by atoms with E-state index in [0.717, 1.165) is 5.56 Å². The molecule has 0 spiro atoms. The molecule has 5 heteroatoms. The van der Waals surface area contributed by atoms with Crippen LogP contribution in [0.2, 0.25) is 0 Å². The standard InChI is InChI=1S/C15H21NO4/c1-11(2)16(10-14(17)19-3)9-12-5-7-13(8-6-12)15(18)20-4/h5-8,11H,9-10H2,1-4H3. The first-order valence-corrected chi connectivity index (χ1v) is 6.46. The maximum absolute atomic E-state index is 11.4. The summed E-state index contributed by atoms with van der Waals surface area (Å²) in [5.41, 5.74) is 1.54. The highest BCUT2D eigenvalue weighted by molar-refractivity contribution is 5.89. The minimum atomic E-state index is -0.355. The van der Waals surface area contributed by atoms with Crippen molar-refractivity contribution in [3.05, 3.63) is 35.4 Å². The molecular formula is C15H21NO4. The SMILES string of the molecule is COC(=O)CN(Cc1ccc(C(=O)OC)cc1)C(C)C. The normalized spacial score (nSPS) is 10.7. The quantitative estimate of drug-likeness (QED) is 0.744. The summed E-state index contributed by atoms with van der Waals surface area (Å²) in [6, 6.07) is 7.38. The van der Waals surface area contributed by atoms with E-state index in [0.29, 0.717) is 12.1 Å². The first-order valence-electron chi connectivity index (χ1n) is 6.46. The number of methoxy groups -OCH3 is 2. The molecule has 5 nitrogen and oxygen atoms in total. The zero-order valence-electron chi connectivity index (χ0n) is 12.4. The van der Waals surface area contributed by atoms with Gasteiger partial charge in [-0.1, -0.05) is 12.1 Å². The highest BCUT2D eigenvalue weighted by Crippen LogP contribution is 2.11. The van der Waals surface area contributed by atoms with E-state index in [9.17, 15) is 9.59 Å². The van der Waals surface area contributed by atoms with Crippen LogP contribution in [-0.4, -0.2) is 43.6 Å². The van der Waals surface area contributed by atoms with Crippen LogP contribution in [0.4, 0.5) is 0 Å². The van der Waals surface area contributed by atoms with Crippen molar-refractivity contribution in [2.75, 3.05) is 20.8 Å². The number of hydrogen-bond donors (Lipinski definition) is 0. The third kappa shape index (κ3) is 4.66. The molecule has 0 aliphatic carbocycles. The third-order valence-electron chi connectivity index (χ3n) is 3.05. The van der Waals surface area contributed by atoms with Gasteiger partial charge in [-0.15, -0.1) is 0 Å². The summed E-state index contributed by atoms with van der Waals surface area (Å²) in [6.07, 6.45) is 0. The van der Waals surface area contributed by atoms with Crippen molar-refractivity contribution in [3.8, 4) is 0 Å². The summed E-state index contributed by atoms with van der Waals surface area (Å²) in [4.78, 5) is 24.7. The Kier molecular flexibility index (Phi) is 6.18. The molecule has 0 aliphatic heterocycles. The van der Waals surface area contributed by atoms with Gasteiger partial charge in [-0.05, 0) is 31.5 Å². The second kappa shape index (κ2) is 7.65. The lowest BCUT2D eigenvalue weighted by molar-refractivity contribution is -0.142. The predicted octanol–water partition coefficient (Wildman–Crippen LogP) is 1.86. The van der Waals surface area contributed by atoms with Crippen LogP contribution in [-0.2, 0) is 20.8 Å². The molecule has 0 heterocycles. The van der Waals surface area contributed by atoms with E-state index in [1.54, 1.807) is 12.1 Å². The molecule has 1 aromatic rings. The van der Waals surface area contributed by atoms with Crippen molar-refractivity contribution in [2.45, 2.75) is 26.4 Å². The Labute approximate surface area is 119 Å². The topological polar surface area (TPSA) is 55.8 Å². The maximum Gasteiger partial charge on any atom is 0.337 e. The zero-order chi connectivity index (χ0) is 15.1. The van der Waals surface area contributed by atoms with Gasteiger partial charge in [0, 0.05) is 12.6 Å². The van der Waals surface area contributed by atoms with E-state index < -0.39 is 0 Å². The summed E-state index contributed by atoms with van der Waals surface area (Å²) in [5, 5.41) is 0. The Morgan fingerprint density at radius 3 is 2.15 bits per heavy atom. The Bertz CT molecular complexity index is 453. The fraction of sp³-hybridized carbons (Fsp3) is 0.467. The summed E-state index contributed by atoms with van der Waals surface area (Å²) in [7, 11) is 2.74. The van der Waals surface area contributed by atoms with Crippen molar-refractivity contribution in [1.82, 2.24) is 4.90 Å². The Morgan fingerprint density at radius 2 is 1.70 bits per heavy atom. The van der Waals surface area contributed by atoms with E-state index in [1.165, 1.54) is 14.2 Å². The van der Waals surface area contributed by atoms with Gasteiger partial charge < -0.3 is 9.47 Å². The predicted molar refractivity (Wildman–Crippen MR) is 75.3 cm³/mol. The summed E-state index contributed by atoms with van der Waals surface area (Å²) in [6.45, 7) is 4.90. The largest absolute Gasteiger partial charge is 0.468 e. The van der Waals surface area contributed by atoms with Crippen LogP contribution in [0, 0.1) is 0 Å². The van der Waals surface area contributed by atoms with Crippen LogP contribution in [0.15, 0.2) is 24.3 Å². The average Bonchev–Trinajstić information content (AvgIpc) is 2.46. The summed E-state index contributed by atoms with van der Waals surface area (Å²) >= 11 is 0. The smallest absolute Gasteiger partial charge is 0.337 e. The van der Waals surface area contributed by atoms with Crippen LogP contribution < -0.4 is 0 Å². The van der Waals surface area contributed by atoms with Crippen molar-refractivity contribution in [2.24, 2.45) is 0 Å². The van der Waals surface area contributed by atoms with Crippen molar-refractivity contribution >= 4 is 11.9 Å². The van der Waals surface area contributed by atoms with Crippen molar-refractivity contribution in [1.29, 1.82) is 0 Å². The van der Waals surface area contributed by atoms with Crippen LogP contribution in [0.5, 0.6) is 0 Å². The molecule has 0 N–H and O–H groups in total. The van der Waals surface area contributed by atoms with Gasteiger partial charge in [-0.3, -0.25) is 9.69 Å². The first kappa shape index (κ1) is 16.2. The molecule has 0 aliphatic rings. The van der Waals surface area contributed by atoms with Gasteiger partial charge in [0.2, 0.25) is 0 Å². The summed E-state index contributed by atoms with van der Waals surface area (Å²) in [5.74, 6) is -0.614. The van der Waals surface area contributed by atoms with E-state index in [4.69, 9.17) is 4.74 Å². The molecule has 0 saturated heterocycles. The van der Waals surface area contributed by atoms with Crippen molar-refractivity contribution in [3.63, 3.8) is 0 Å². The van der Waals surface area contributed by atoms with Gasteiger partial charge in [0.15, 0.2) is 0 Å². The van der Waals surface area contributed by atoms with Gasteiger partial charge in [0.25, 0.3) is 0 Å². The number of ether oxygens (including phenoxy) is 2. The number of rotatable bonds is 6. The van der Waals surface area contributed by atoms with Gasteiger partial charge >= 0.3 is 11.9 Å². The van der Waals surface area contributed by atoms with Gasteiger partial charge in [0.1, 0.15) is 0 Å². The lowest BCUT2D eigenvalue weighted by Gasteiger charge is -2.25. The van der Waals surface area contributed by atoms with E-state index in [-0.39, 0.29) is 24.5 Å². The summed E-state index contributed by atoms with van der Waals surface area (Å²) < 4.78 is 9.34. The molecule has 0 fully saturated rings. The molecule has 0 atom stereocenters. The minimum Gasteiger partial charge on any atom is -0.468 e. The fourth-order valence-corrected chi connectivity index (χ4v) is 1.75. The Morgan fingerprint density at radius 1 is 1.10 bits per heavy atom. The minimum absolute atomic E-state index is 0.217. The molecular weight excluding hydrogens is 258 g/mol. The van der Waals surface area contributed by atoms with Gasteiger partial charge in [0.05, 0.1) is 26.3 Å². The van der Waals surface area contributed by atoms with Gasteiger partial charge in [-0.25, -0.2) is 4.79 Å². The molecule has 20 heavy (non-hydrogen) atoms. The number of carbonyl (C=O) groups is 2. The van der Waals surface area contributed by atoms with Crippen LogP contribution >= 0.6 is 0 Å². The molecule has 0 bridgehead atoms. The van der Waals surface area contributed by atoms with Crippen LogP contribution in [0.1, 0.15) is 29.8 Å².